The third-order valence-corrected chi connectivity index (χ3v) is 3.88. The molecular formula is C16H17N2O2+. The van der Waals surface area contributed by atoms with Gasteiger partial charge in [-0.3, -0.25) is 10.1 Å². The Bertz CT molecular complexity index is 640. The topological polar surface area (TPSA) is 47.6 Å². The number of rotatable bonds is 3. The molecule has 0 saturated carbocycles. The summed E-state index contributed by atoms with van der Waals surface area (Å²) >= 11 is 0. The number of nitrogens with zero attached hydrogens (tertiary/aromatic N) is 1. The molecule has 1 heterocycles. The van der Waals surface area contributed by atoms with Gasteiger partial charge in [0.1, 0.15) is 13.1 Å². The molecule has 1 aliphatic rings. The number of benzene rings is 2. The monoisotopic (exact) mass is 269 g/mol. The molecule has 0 amide bonds. The maximum absolute atomic E-state index is 10.8. The van der Waals surface area contributed by atoms with Gasteiger partial charge in [-0.15, -0.1) is 0 Å². The fourth-order valence-electron chi connectivity index (χ4n) is 2.86. The van der Waals surface area contributed by atoms with Crippen molar-refractivity contribution in [2.24, 2.45) is 0 Å². The number of quaternary nitrogens is 1. The first-order valence-electron chi connectivity index (χ1n) is 6.86. The fourth-order valence-corrected chi connectivity index (χ4v) is 2.86. The maximum Gasteiger partial charge on any atom is 0.269 e. The van der Waals surface area contributed by atoms with Crippen LogP contribution in [0, 0.1) is 10.1 Å². The molecule has 1 unspecified atom stereocenters. The molecule has 2 aromatic carbocycles. The Morgan fingerprint density at radius 1 is 1.10 bits per heavy atom. The molecule has 0 spiro atoms. The second-order valence-corrected chi connectivity index (χ2v) is 5.30. The van der Waals surface area contributed by atoms with Crippen molar-refractivity contribution in [1.82, 2.24) is 0 Å². The summed E-state index contributed by atoms with van der Waals surface area (Å²) in [6, 6.07) is 15.5. The summed E-state index contributed by atoms with van der Waals surface area (Å²) < 4.78 is 0. The fraction of sp³-hybridized carbons (Fsp3) is 0.250. The van der Waals surface area contributed by atoms with Crippen LogP contribution in [0.1, 0.15) is 16.7 Å². The van der Waals surface area contributed by atoms with Gasteiger partial charge in [-0.05, 0) is 5.56 Å². The third-order valence-electron chi connectivity index (χ3n) is 3.88. The second kappa shape index (κ2) is 5.43. The molecule has 0 radical (unpaired) electrons. The first-order chi connectivity index (χ1) is 9.72. The van der Waals surface area contributed by atoms with Gasteiger partial charge in [0, 0.05) is 29.7 Å². The van der Waals surface area contributed by atoms with E-state index in [1.165, 1.54) is 16.0 Å². The number of nitro groups is 1. The number of hydrogen-bond acceptors (Lipinski definition) is 2. The van der Waals surface area contributed by atoms with E-state index in [-0.39, 0.29) is 10.6 Å². The van der Waals surface area contributed by atoms with E-state index in [0.29, 0.717) is 0 Å². The van der Waals surface area contributed by atoms with Gasteiger partial charge in [0.25, 0.3) is 5.69 Å². The highest BCUT2D eigenvalue weighted by molar-refractivity contribution is 5.34. The van der Waals surface area contributed by atoms with Gasteiger partial charge in [-0.1, -0.05) is 36.4 Å². The van der Waals surface area contributed by atoms with Crippen LogP contribution < -0.4 is 4.90 Å². The van der Waals surface area contributed by atoms with Gasteiger partial charge in [-0.25, -0.2) is 0 Å². The molecule has 2 aromatic rings. The first kappa shape index (κ1) is 12.8. The summed E-state index contributed by atoms with van der Waals surface area (Å²) in [4.78, 5) is 11.9. The number of non-ortho nitro benzene ring substituents is 1. The van der Waals surface area contributed by atoms with Crippen molar-refractivity contribution in [3.05, 3.63) is 75.3 Å². The minimum absolute atomic E-state index is 0.180. The lowest BCUT2D eigenvalue weighted by atomic mass is 9.99. The molecule has 20 heavy (non-hydrogen) atoms. The smallest absolute Gasteiger partial charge is 0.269 e. The molecule has 1 atom stereocenters. The normalized spacial score (nSPS) is 17.5. The summed E-state index contributed by atoms with van der Waals surface area (Å²) in [5.41, 5.74) is 4.06. The lowest BCUT2D eigenvalue weighted by Crippen LogP contribution is -3.10. The van der Waals surface area contributed by atoms with Crippen LogP contribution in [0.25, 0.3) is 0 Å². The Balaban J connectivity index is 1.73. The van der Waals surface area contributed by atoms with Crippen molar-refractivity contribution in [1.29, 1.82) is 0 Å². The molecule has 4 heteroatoms. The molecule has 0 fully saturated rings. The van der Waals surface area contributed by atoms with Crippen LogP contribution in [0.5, 0.6) is 0 Å². The van der Waals surface area contributed by atoms with Crippen LogP contribution in [0.2, 0.25) is 0 Å². The van der Waals surface area contributed by atoms with E-state index in [2.05, 4.69) is 24.3 Å². The van der Waals surface area contributed by atoms with Crippen molar-refractivity contribution in [3.8, 4) is 0 Å². The first-order valence-corrected chi connectivity index (χ1v) is 6.86. The minimum Gasteiger partial charge on any atom is -0.327 e. The predicted molar refractivity (Wildman–Crippen MR) is 76.5 cm³/mol. The standard InChI is InChI=1S/C16H16N2O2/c19-18(20)16-7-3-4-13(10-16)11-17-9-8-14-5-1-2-6-15(14)12-17/h1-7,10H,8-9,11-12H2/p+1. The zero-order valence-electron chi connectivity index (χ0n) is 11.2. The number of nitro benzene ring substituents is 1. The molecule has 1 N–H and O–H groups in total. The largest absolute Gasteiger partial charge is 0.327 e. The summed E-state index contributed by atoms with van der Waals surface area (Å²) in [6.07, 6.45) is 1.08. The predicted octanol–water partition coefficient (Wildman–Crippen LogP) is 1.74. The van der Waals surface area contributed by atoms with Gasteiger partial charge >= 0.3 is 0 Å². The number of fused-ring (bicyclic) bond motifs is 1. The zero-order valence-corrected chi connectivity index (χ0v) is 11.2. The summed E-state index contributed by atoms with van der Waals surface area (Å²) in [7, 11) is 0. The minimum atomic E-state index is -0.329. The van der Waals surface area contributed by atoms with E-state index in [1.54, 1.807) is 18.2 Å². The van der Waals surface area contributed by atoms with E-state index in [0.717, 1.165) is 31.6 Å². The Hall–Kier alpha value is -2.20. The van der Waals surface area contributed by atoms with Crippen LogP contribution in [0.15, 0.2) is 48.5 Å². The molecular weight excluding hydrogens is 252 g/mol. The zero-order chi connectivity index (χ0) is 13.9. The number of hydrogen-bond donors (Lipinski definition) is 1. The van der Waals surface area contributed by atoms with Crippen molar-refractivity contribution >= 4 is 5.69 Å². The summed E-state index contributed by atoms with van der Waals surface area (Å²) in [5.74, 6) is 0. The molecule has 0 aromatic heterocycles. The van der Waals surface area contributed by atoms with E-state index in [1.807, 2.05) is 6.07 Å². The van der Waals surface area contributed by atoms with E-state index in [9.17, 15) is 10.1 Å². The van der Waals surface area contributed by atoms with E-state index < -0.39 is 0 Å². The maximum atomic E-state index is 10.8. The van der Waals surface area contributed by atoms with Crippen LogP contribution >= 0.6 is 0 Å². The van der Waals surface area contributed by atoms with Crippen molar-refractivity contribution in [2.45, 2.75) is 19.5 Å². The molecule has 0 saturated heterocycles. The van der Waals surface area contributed by atoms with Crippen LogP contribution in [0.4, 0.5) is 5.69 Å². The Morgan fingerprint density at radius 3 is 2.70 bits per heavy atom. The second-order valence-electron chi connectivity index (χ2n) is 5.30. The molecule has 3 rings (SSSR count). The molecule has 0 aliphatic carbocycles. The lowest BCUT2D eigenvalue weighted by Gasteiger charge is -2.25. The van der Waals surface area contributed by atoms with Crippen LogP contribution in [-0.4, -0.2) is 11.5 Å². The van der Waals surface area contributed by atoms with Crippen LogP contribution in [0.3, 0.4) is 0 Å². The Labute approximate surface area is 117 Å². The van der Waals surface area contributed by atoms with Gasteiger partial charge in [0.15, 0.2) is 0 Å². The van der Waals surface area contributed by atoms with Crippen molar-refractivity contribution < 1.29 is 9.82 Å². The quantitative estimate of drug-likeness (QED) is 0.681. The highest BCUT2D eigenvalue weighted by atomic mass is 16.6. The molecule has 1 aliphatic heterocycles. The Kier molecular flexibility index (Phi) is 3.48. The average molecular weight is 269 g/mol. The van der Waals surface area contributed by atoms with Gasteiger partial charge in [-0.2, -0.15) is 0 Å². The number of nitrogens with one attached hydrogen (secondary N) is 1. The SMILES string of the molecule is O=[N+]([O-])c1cccc(C[NH+]2CCc3ccccc3C2)c1. The highest BCUT2D eigenvalue weighted by Gasteiger charge is 2.19. The Morgan fingerprint density at radius 2 is 1.90 bits per heavy atom. The third kappa shape index (κ3) is 2.70. The summed E-state index contributed by atoms with van der Waals surface area (Å²) in [6.45, 7) is 2.93. The molecule has 0 bridgehead atoms. The lowest BCUT2D eigenvalue weighted by molar-refractivity contribution is -0.929. The average Bonchev–Trinajstić information content (AvgIpc) is 2.47. The van der Waals surface area contributed by atoms with E-state index >= 15 is 0 Å². The van der Waals surface area contributed by atoms with Gasteiger partial charge < -0.3 is 4.90 Å². The van der Waals surface area contributed by atoms with Gasteiger partial charge in [0.2, 0.25) is 0 Å². The molecule has 102 valence electrons. The van der Waals surface area contributed by atoms with E-state index in [4.69, 9.17) is 0 Å². The molecule has 4 nitrogen and oxygen atoms in total. The van der Waals surface area contributed by atoms with Crippen molar-refractivity contribution in [3.63, 3.8) is 0 Å². The van der Waals surface area contributed by atoms with Gasteiger partial charge in [0.05, 0.1) is 11.5 Å². The summed E-state index contributed by atoms with van der Waals surface area (Å²) in [5, 5.41) is 10.8. The van der Waals surface area contributed by atoms with Crippen molar-refractivity contribution in [2.75, 3.05) is 6.54 Å². The highest BCUT2D eigenvalue weighted by Crippen LogP contribution is 2.14. The van der Waals surface area contributed by atoms with Crippen LogP contribution in [-0.2, 0) is 19.5 Å².